The summed E-state index contributed by atoms with van der Waals surface area (Å²) in [5, 5.41) is 1.41. The molecule has 13 heavy (non-hydrogen) atoms. The monoisotopic (exact) mass is 197 g/mol. The Morgan fingerprint density at radius 2 is 2.15 bits per heavy atom. The number of hydrogen-bond donors (Lipinski definition) is 1. The Kier molecular flexibility index (Phi) is 2.49. The summed E-state index contributed by atoms with van der Waals surface area (Å²) < 4.78 is 0. The van der Waals surface area contributed by atoms with Crippen molar-refractivity contribution < 1.29 is 0 Å². The molecule has 2 atom stereocenters. The van der Waals surface area contributed by atoms with Crippen LogP contribution >= 0.6 is 11.8 Å². The van der Waals surface area contributed by atoms with Gasteiger partial charge in [-0.1, -0.05) is 13.8 Å². The van der Waals surface area contributed by atoms with Gasteiger partial charge in [-0.3, -0.25) is 0 Å². The Bertz CT molecular complexity index is 250. The van der Waals surface area contributed by atoms with Gasteiger partial charge < -0.3 is 9.88 Å². The fourth-order valence-electron chi connectivity index (χ4n) is 1.78. The van der Waals surface area contributed by atoms with Crippen LogP contribution in [0.15, 0.2) is 12.4 Å². The van der Waals surface area contributed by atoms with Gasteiger partial charge in [0.25, 0.3) is 0 Å². The van der Waals surface area contributed by atoms with E-state index in [0.717, 1.165) is 19.0 Å². The molecule has 1 aliphatic rings. The first-order chi connectivity index (χ1) is 6.25. The number of nitrogens with zero attached hydrogens (tertiary/aromatic N) is 2. The molecule has 72 valence electrons. The van der Waals surface area contributed by atoms with Gasteiger partial charge in [-0.2, -0.15) is 11.8 Å². The number of aromatic nitrogens is 2. The van der Waals surface area contributed by atoms with E-state index >= 15 is 0 Å². The smallest absolute Gasteiger partial charge is 0.202 e. The number of imidazole rings is 1. The van der Waals surface area contributed by atoms with Crippen LogP contribution in [0.25, 0.3) is 0 Å². The first-order valence-corrected chi connectivity index (χ1v) is 5.60. The first kappa shape index (κ1) is 8.94. The number of anilines is 1. The summed E-state index contributed by atoms with van der Waals surface area (Å²) in [7, 11) is 0. The summed E-state index contributed by atoms with van der Waals surface area (Å²) in [5.41, 5.74) is 0. The van der Waals surface area contributed by atoms with Crippen LogP contribution < -0.4 is 4.90 Å². The largest absolute Gasteiger partial charge is 0.340 e. The molecule has 4 heteroatoms. The Morgan fingerprint density at radius 1 is 1.46 bits per heavy atom. The zero-order chi connectivity index (χ0) is 9.26. The SMILES string of the molecule is CC1CN(c2ncc[nH]2)CC(C)S1. The number of aromatic amines is 1. The predicted molar refractivity (Wildman–Crippen MR) is 57.3 cm³/mol. The molecule has 1 N–H and O–H groups in total. The van der Waals surface area contributed by atoms with Gasteiger partial charge in [-0.25, -0.2) is 4.98 Å². The van der Waals surface area contributed by atoms with Gasteiger partial charge in [0.1, 0.15) is 0 Å². The van der Waals surface area contributed by atoms with E-state index in [1.54, 1.807) is 0 Å². The zero-order valence-corrected chi connectivity index (χ0v) is 8.84. The summed E-state index contributed by atoms with van der Waals surface area (Å²) >= 11 is 2.06. The first-order valence-electron chi connectivity index (χ1n) is 4.65. The van der Waals surface area contributed by atoms with Crippen molar-refractivity contribution in [2.45, 2.75) is 24.3 Å². The Hall–Kier alpha value is -0.640. The van der Waals surface area contributed by atoms with E-state index in [9.17, 15) is 0 Å². The molecular weight excluding hydrogens is 182 g/mol. The number of H-pyrrole nitrogens is 1. The summed E-state index contributed by atoms with van der Waals surface area (Å²) in [5.74, 6) is 1.01. The lowest BCUT2D eigenvalue weighted by Crippen LogP contribution is -2.40. The molecule has 0 aliphatic carbocycles. The van der Waals surface area contributed by atoms with Gasteiger partial charge in [0.2, 0.25) is 5.95 Å². The molecule has 1 aromatic rings. The molecule has 2 unspecified atom stereocenters. The molecule has 1 aliphatic heterocycles. The van der Waals surface area contributed by atoms with Gasteiger partial charge in [0.15, 0.2) is 0 Å². The number of thioether (sulfide) groups is 1. The number of rotatable bonds is 1. The summed E-state index contributed by atoms with van der Waals surface area (Å²) in [4.78, 5) is 9.75. The maximum atomic E-state index is 4.27. The second kappa shape index (κ2) is 3.62. The third-order valence-corrected chi connectivity index (χ3v) is 3.43. The molecule has 2 rings (SSSR count). The zero-order valence-electron chi connectivity index (χ0n) is 8.03. The molecule has 1 aromatic heterocycles. The van der Waals surface area contributed by atoms with Crippen LogP contribution in [0.4, 0.5) is 5.95 Å². The molecule has 0 amide bonds. The molecule has 0 radical (unpaired) electrons. The normalized spacial score (nSPS) is 29.2. The van der Waals surface area contributed by atoms with Crippen molar-refractivity contribution in [3.63, 3.8) is 0 Å². The van der Waals surface area contributed by atoms with Crippen LogP contribution in [0.3, 0.4) is 0 Å². The fourth-order valence-corrected chi connectivity index (χ4v) is 3.11. The van der Waals surface area contributed by atoms with Gasteiger partial charge in [-0.15, -0.1) is 0 Å². The van der Waals surface area contributed by atoms with Crippen molar-refractivity contribution in [3.05, 3.63) is 12.4 Å². The van der Waals surface area contributed by atoms with E-state index in [4.69, 9.17) is 0 Å². The Morgan fingerprint density at radius 3 is 2.69 bits per heavy atom. The summed E-state index contributed by atoms with van der Waals surface area (Å²) in [6, 6.07) is 0. The minimum atomic E-state index is 0.703. The van der Waals surface area contributed by atoms with Crippen LogP contribution in [-0.2, 0) is 0 Å². The van der Waals surface area contributed by atoms with Crippen LogP contribution in [0.2, 0.25) is 0 Å². The Labute approximate surface area is 82.9 Å². The molecule has 1 saturated heterocycles. The molecule has 0 spiro atoms. The lowest BCUT2D eigenvalue weighted by Gasteiger charge is -2.34. The fraction of sp³-hybridized carbons (Fsp3) is 0.667. The molecule has 3 nitrogen and oxygen atoms in total. The highest BCUT2D eigenvalue weighted by atomic mass is 32.2. The quantitative estimate of drug-likeness (QED) is 0.744. The van der Waals surface area contributed by atoms with E-state index in [2.05, 4.69) is 40.5 Å². The van der Waals surface area contributed by atoms with Crippen LogP contribution in [0, 0.1) is 0 Å². The van der Waals surface area contributed by atoms with Crippen LogP contribution in [-0.4, -0.2) is 33.6 Å². The number of hydrogen-bond acceptors (Lipinski definition) is 3. The van der Waals surface area contributed by atoms with Crippen molar-refractivity contribution in [1.82, 2.24) is 9.97 Å². The summed E-state index contributed by atoms with van der Waals surface area (Å²) in [6.07, 6.45) is 3.69. The van der Waals surface area contributed by atoms with E-state index in [1.807, 2.05) is 12.4 Å². The number of nitrogens with one attached hydrogen (secondary N) is 1. The average molecular weight is 197 g/mol. The lowest BCUT2D eigenvalue weighted by molar-refractivity contribution is 0.711. The average Bonchev–Trinajstić information content (AvgIpc) is 2.53. The molecule has 0 saturated carbocycles. The molecule has 1 fully saturated rings. The molecule has 2 heterocycles. The topological polar surface area (TPSA) is 31.9 Å². The maximum Gasteiger partial charge on any atom is 0.202 e. The van der Waals surface area contributed by atoms with E-state index in [1.165, 1.54) is 0 Å². The highest BCUT2D eigenvalue weighted by molar-refractivity contribution is 8.00. The van der Waals surface area contributed by atoms with Gasteiger partial charge in [0.05, 0.1) is 0 Å². The maximum absolute atomic E-state index is 4.27. The molecule has 0 bridgehead atoms. The van der Waals surface area contributed by atoms with Gasteiger partial charge in [-0.05, 0) is 0 Å². The van der Waals surface area contributed by atoms with Gasteiger partial charge in [0, 0.05) is 36.0 Å². The highest BCUT2D eigenvalue weighted by Gasteiger charge is 2.23. The highest BCUT2D eigenvalue weighted by Crippen LogP contribution is 2.26. The third-order valence-electron chi connectivity index (χ3n) is 2.20. The third kappa shape index (κ3) is 1.99. The summed E-state index contributed by atoms with van der Waals surface area (Å²) in [6.45, 7) is 6.75. The van der Waals surface area contributed by atoms with Crippen molar-refractivity contribution >= 4 is 17.7 Å². The van der Waals surface area contributed by atoms with Crippen LogP contribution in [0.5, 0.6) is 0 Å². The predicted octanol–water partition coefficient (Wildman–Crippen LogP) is 1.74. The minimum Gasteiger partial charge on any atom is -0.340 e. The lowest BCUT2D eigenvalue weighted by atomic mass is 10.3. The van der Waals surface area contributed by atoms with Gasteiger partial charge >= 0.3 is 0 Å². The van der Waals surface area contributed by atoms with Crippen LogP contribution in [0.1, 0.15) is 13.8 Å². The van der Waals surface area contributed by atoms with E-state index < -0.39 is 0 Å². The Balaban J connectivity index is 2.07. The molecule has 0 aromatic carbocycles. The standard InChI is InChI=1S/C9H15N3S/c1-7-5-12(6-8(2)13-7)9-10-3-4-11-9/h3-4,7-8H,5-6H2,1-2H3,(H,10,11). The van der Waals surface area contributed by atoms with Crippen molar-refractivity contribution in [3.8, 4) is 0 Å². The minimum absolute atomic E-state index is 0.703. The second-order valence-corrected chi connectivity index (χ2v) is 5.46. The second-order valence-electron chi connectivity index (χ2n) is 3.58. The van der Waals surface area contributed by atoms with Crippen molar-refractivity contribution in [2.75, 3.05) is 18.0 Å². The molecular formula is C9H15N3S. The van der Waals surface area contributed by atoms with E-state index in [0.29, 0.717) is 10.5 Å². The van der Waals surface area contributed by atoms with Crippen molar-refractivity contribution in [1.29, 1.82) is 0 Å². The van der Waals surface area contributed by atoms with E-state index in [-0.39, 0.29) is 0 Å². The van der Waals surface area contributed by atoms with Crippen molar-refractivity contribution in [2.24, 2.45) is 0 Å².